The highest BCUT2D eigenvalue weighted by atomic mass is 14.9. The van der Waals surface area contributed by atoms with Gasteiger partial charge in [-0.05, 0) is 31.4 Å². The van der Waals surface area contributed by atoms with Crippen LogP contribution in [0.2, 0.25) is 0 Å². The molecule has 0 amide bonds. The van der Waals surface area contributed by atoms with Gasteiger partial charge in [-0.1, -0.05) is 37.3 Å². The van der Waals surface area contributed by atoms with E-state index >= 15 is 0 Å². The summed E-state index contributed by atoms with van der Waals surface area (Å²) < 4.78 is 0. The Morgan fingerprint density at radius 2 is 2.06 bits per heavy atom. The van der Waals surface area contributed by atoms with E-state index in [4.69, 9.17) is 6.42 Å². The van der Waals surface area contributed by atoms with Gasteiger partial charge in [0.1, 0.15) is 0 Å². The van der Waals surface area contributed by atoms with Crippen molar-refractivity contribution in [2.24, 2.45) is 0 Å². The molecule has 0 heterocycles. The summed E-state index contributed by atoms with van der Waals surface area (Å²) in [5.41, 5.74) is 1.42. The number of terminal acetylenes is 1. The van der Waals surface area contributed by atoms with Crippen molar-refractivity contribution in [3.05, 3.63) is 35.9 Å². The predicted octanol–water partition coefficient (Wildman–Crippen LogP) is 3.01. The van der Waals surface area contributed by atoms with Crippen LogP contribution in [0, 0.1) is 12.3 Å². The first-order valence-corrected chi connectivity index (χ1v) is 6.07. The summed E-state index contributed by atoms with van der Waals surface area (Å²) in [6, 6.07) is 11.1. The minimum atomic E-state index is 0.485. The van der Waals surface area contributed by atoms with Crippen LogP contribution in [0.1, 0.15) is 31.7 Å². The lowest BCUT2D eigenvalue weighted by Gasteiger charge is -2.14. The molecular formula is C15H21N. The summed E-state index contributed by atoms with van der Waals surface area (Å²) in [6.45, 7) is 3.12. The number of benzene rings is 1. The fourth-order valence-corrected chi connectivity index (χ4v) is 1.90. The van der Waals surface area contributed by atoms with E-state index in [2.05, 4.69) is 48.5 Å². The molecule has 1 heteroatoms. The third kappa shape index (κ3) is 5.00. The van der Waals surface area contributed by atoms with Gasteiger partial charge in [-0.3, -0.25) is 0 Å². The van der Waals surface area contributed by atoms with Crippen molar-refractivity contribution in [3.63, 3.8) is 0 Å². The second-order valence-electron chi connectivity index (χ2n) is 4.04. The standard InChI is InChI=1S/C15H21N/c1-3-9-15(16-4-2)13-8-12-14-10-6-5-7-11-14/h1,5-7,10-11,15-16H,4,8-9,12-13H2,2H3. The summed E-state index contributed by atoms with van der Waals surface area (Å²) in [4.78, 5) is 0. The number of rotatable bonds is 7. The molecule has 1 rings (SSSR count). The Kier molecular flexibility index (Phi) is 6.37. The molecule has 0 aromatic heterocycles. The third-order valence-electron chi connectivity index (χ3n) is 2.72. The van der Waals surface area contributed by atoms with Crippen molar-refractivity contribution in [1.29, 1.82) is 0 Å². The highest BCUT2D eigenvalue weighted by Crippen LogP contribution is 2.08. The number of nitrogens with one attached hydrogen (secondary N) is 1. The topological polar surface area (TPSA) is 12.0 Å². The summed E-state index contributed by atoms with van der Waals surface area (Å²) in [6.07, 6.45) is 9.69. The molecule has 0 saturated carbocycles. The lowest BCUT2D eigenvalue weighted by Crippen LogP contribution is -2.28. The van der Waals surface area contributed by atoms with Crippen molar-refractivity contribution in [3.8, 4) is 12.3 Å². The molecule has 86 valence electrons. The Balaban J connectivity index is 2.25. The van der Waals surface area contributed by atoms with Crippen molar-refractivity contribution in [1.82, 2.24) is 5.32 Å². The molecule has 0 spiro atoms. The van der Waals surface area contributed by atoms with Crippen molar-refractivity contribution < 1.29 is 0 Å². The summed E-state index contributed by atoms with van der Waals surface area (Å²) in [5, 5.41) is 3.43. The maximum absolute atomic E-state index is 5.35. The quantitative estimate of drug-likeness (QED) is 0.689. The highest BCUT2D eigenvalue weighted by Gasteiger charge is 2.04. The molecule has 0 bridgehead atoms. The summed E-state index contributed by atoms with van der Waals surface area (Å²) >= 11 is 0. The van der Waals surface area contributed by atoms with Gasteiger partial charge in [0.15, 0.2) is 0 Å². The van der Waals surface area contributed by atoms with Gasteiger partial charge in [-0.25, -0.2) is 0 Å². The Morgan fingerprint density at radius 3 is 2.69 bits per heavy atom. The second-order valence-corrected chi connectivity index (χ2v) is 4.04. The molecule has 0 aliphatic carbocycles. The zero-order chi connectivity index (χ0) is 11.6. The first-order valence-electron chi connectivity index (χ1n) is 6.07. The molecule has 0 aliphatic heterocycles. The first-order chi connectivity index (χ1) is 7.86. The normalized spacial score (nSPS) is 12.0. The van der Waals surface area contributed by atoms with Crippen molar-refractivity contribution in [2.45, 2.75) is 38.6 Å². The van der Waals surface area contributed by atoms with Gasteiger partial charge in [0.2, 0.25) is 0 Å². The van der Waals surface area contributed by atoms with Crippen LogP contribution in [0.15, 0.2) is 30.3 Å². The zero-order valence-corrected chi connectivity index (χ0v) is 10.1. The van der Waals surface area contributed by atoms with Crippen LogP contribution in [0.4, 0.5) is 0 Å². The Morgan fingerprint density at radius 1 is 1.31 bits per heavy atom. The van der Waals surface area contributed by atoms with E-state index in [-0.39, 0.29) is 0 Å². The van der Waals surface area contributed by atoms with Crippen molar-refractivity contribution in [2.75, 3.05) is 6.54 Å². The Hall–Kier alpha value is -1.26. The van der Waals surface area contributed by atoms with E-state index in [1.54, 1.807) is 0 Å². The van der Waals surface area contributed by atoms with Gasteiger partial charge < -0.3 is 5.32 Å². The number of aryl methyl sites for hydroxylation is 1. The van der Waals surface area contributed by atoms with E-state index in [0.717, 1.165) is 25.8 Å². The van der Waals surface area contributed by atoms with Crippen LogP contribution in [0.5, 0.6) is 0 Å². The molecule has 0 aliphatic rings. The molecule has 1 N–H and O–H groups in total. The minimum Gasteiger partial charge on any atom is -0.313 e. The first kappa shape index (κ1) is 12.8. The van der Waals surface area contributed by atoms with Gasteiger partial charge in [-0.15, -0.1) is 12.3 Å². The van der Waals surface area contributed by atoms with Crippen LogP contribution in [0.25, 0.3) is 0 Å². The molecular weight excluding hydrogens is 194 g/mol. The SMILES string of the molecule is C#CCC(CCCc1ccccc1)NCC. The molecule has 0 fully saturated rings. The maximum atomic E-state index is 5.35. The molecule has 1 unspecified atom stereocenters. The van der Waals surface area contributed by atoms with Gasteiger partial charge in [0.25, 0.3) is 0 Å². The van der Waals surface area contributed by atoms with Crippen molar-refractivity contribution >= 4 is 0 Å². The van der Waals surface area contributed by atoms with Crippen LogP contribution < -0.4 is 5.32 Å². The zero-order valence-electron chi connectivity index (χ0n) is 10.1. The van der Waals surface area contributed by atoms with E-state index in [1.807, 2.05) is 0 Å². The third-order valence-corrected chi connectivity index (χ3v) is 2.72. The molecule has 1 aromatic rings. The predicted molar refractivity (Wildman–Crippen MR) is 70.3 cm³/mol. The van der Waals surface area contributed by atoms with Gasteiger partial charge in [-0.2, -0.15) is 0 Å². The average molecular weight is 215 g/mol. The van der Waals surface area contributed by atoms with Crippen LogP contribution in [-0.4, -0.2) is 12.6 Å². The fraction of sp³-hybridized carbons (Fsp3) is 0.467. The van der Waals surface area contributed by atoms with E-state index in [1.165, 1.54) is 12.0 Å². The second kappa shape index (κ2) is 7.96. The molecule has 16 heavy (non-hydrogen) atoms. The summed E-state index contributed by atoms with van der Waals surface area (Å²) in [5.74, 6) is 2.74. The van der Waals surface area contributed by atoms with Gasteiger partial charge in [0.05, 0.1) is 0 Å². The Bertz CT molecular complexity index is 310. The maximum Gasteiger partial charge on any atom is 0.0240 e. The van der Waals surface area contributed by atoms with Gasteiger partial charge >= 0.3 is 0 Å². The lowest BCUT2D eigenvalue weighted by atomic mass is 10.0. The van der Waals surface area contributed by atoms with E-state index in [0.29, 0.717) is 6.04 Å². The monoisotopic (exact) mass is 215 g/mol. The van der Waals surface area contributed by atoms with Gasteiger partial charge in [0, 0.05) is 12.5 Å². The molecule has 1 nitrogen and oxygen atoms in total. The number of hydrogen-bond acceptors (Lipinski definition) is 1. The largest absolute Gasteiger partial charge is 0.313 e. The smallest absolute Gasteiger partial charge is 0.0240 e. The van der Waals surface area contributed by atoms with Crippen LogP contribution >= 0.6 is 0 Å². The summed E-state index contributed by atoms with van der Waals surface area (Å²) in [7, 11) is 0. The molecule has 1 aromatic carbocycles. The minimum absolute atomic E-state index is 0.485. The average Bonchev–Trinajstić information content (AvgIpc) is 2.31. The van der Waals surface area contributed by atoms with E-state index < -0.39 is 0 Å². The molecule has 0 radical (unpaired) electrons. The number of hydrogen-bond donors (Lipinski definition) is 1. The van der Waals surface area contributed by atoms with E-state index in [9.17, 15) is 0 Å². The van der Waals surface area contributed by atoms with Crippen LogP contribution in [-0.2, 0) is 6.42 Å². The molecule has 1 atom stereocenters. The van der Waals surface area contributed by atoms with Crippen LogP contribution in [0.3, 0.4) is 0 Å². The fourth-order valence-electron chi connectivity index (χ4n) is 1.90. The molecule has 0 saturated heterocycles. The highest BCUT2D eigenvalue weighted by molar-refractivity contribution is 5.14. The Labute approximate surface area is 99.3 Å². The lowest BCUT2D eigenvalue weighted by molar-refractivity contribution is 0.487.